The second-order valence-electron chi connectivity index (χ2n) is 3.42. The van der Waals surface area contributed by atoms with Crippen LogP contribution in [-0.2, 0) is 0 Å². The molecule has 0 N–H and O–H groups in total. The minimum atomic E-state index is 0.0671. The van der Waals surface area contributed by atoms with Crippen LogP contribution in [0.15, 0.2) is 30.5 Å². The molecule has 14 heavy (non-hydrogen) atoms. The third-order valence-electron chi connectivity index (χ3n) is 2.47. The molecule has 1 aliphatic heterocycles. The van der Waals surface area contributed by atoms with Gasteiger partial charge in [0.25, 0.3) is 0 Å². The summed E-state index contributed by atoms with van der Waals surface area (Å²) in [4.78, 5) is 16.2. The van der Waals surface area contributed by atoms with Gasteiger partial charge in [-0.15, -0.1) is 0 Å². The summed E-state index contributed by atoms with van der Waals surface area (Å²) in [6, 6.07) is 7.38. The summed E-state index contributed by atoms with van der Waals surface area (Å²) in [5.41, 5.74) is 2.34. The van der Waals surface area contributed by atoms with E-state index in [1.807, 2.05) is 42.0 Å². The van der Waals surface area contributed by atoms with Gasteiger partial charge in [-0.25, -0.2) is 4.98 Å². The molecule has 0 radical (unpaired) electrons. The molecule has 3 heteroatoms. The molecule has 0 atom stereocenters. The van der Waals surface area contributed by atoms with Crippen molar-refractivity contribution in [3.05, 3.63) is 47.4 Å². The first-order valence-corrected chi connectivity index (χ1v) is 4.47. The molecular weight excluding hydrogens is 176 g/mol. The first-order valence-electron chi connectivity index (χ1n) is 4.47. The van der Waals surface area contributed by atoms with E-state index in [1.54, 1.807) is 0 Å². The number of nitrogens with zero attached hydrogens (tertiary/aromatic N) is 2. The van der Waals surface area contributed by atoms with E-state index in [0.29, 0.717) is 11.3 Å². The summed E-state index contributed by atoms with van der Waals surface area (Å²) in [6.45, 7) is 1.92. The van der Waals surface area contributed by atoms with Gasteiger partial charge in [0.1, 0.15) is 5.82 Å². The molecule has 3 rings (SSSR count). The van der Waals surface area contributed by atoms with Gasteiger partial charge in [0.15, 0.2) is 0 Å². The number of ketones is 1. The highest BCUT2D eigenvalue weighted by Gasteiger charge is 2.26. The number of hydrogen-bond donors (Lipinski definition) is 0. The minimum absolute atomic E-state index is 0.0671. The lowest BCUT2D eigenvalue weighted by Crippen LogP contribution is -1.95. The Kier molecular flexibility index (Phi) is 1.24. The Morgan fingerprint density at radius 2 is 2.14 bits per heavy atom. The van der Waals surface area contributed by atoms with Gasteiger partial charge in [-0.05, 0) is 31.2 Å². The third kappa shape index (κ3) is 0.763. The average Bonchev–Trinajstić information content (AvgIpc) is 2.71. The second kappa shape index (κ2) is 2.32. The Morgan fingerprint density at radius 3 is 3.00 bits per heavy atom. The van der Waals surface area contributed by atoms with Crippen molar-refractivity contribution in [1.29, 1.82) is 0 Å². The number of carbonyl (C=O) groups is 1. The van der Waals surface area contributed by atoms with Crippen LogP contribution in [0.3, 0.4) is 0 Å². The van der Waals surface area contributed by atoms with Crippen molar-refractivity contribution in [1.82, 2.24) is 9.55 Å². The maximum Gasteiger partial charge on any atom is 0.213 e. The number of fused-ring (bicyclic) bond motifs is 3. The molecule has 0 aliphatic carbocycles. The quantitative estimate of drug-likeness (QED) is 0.533. The van der Waals surface area contributed by atoms with Crippen molar-refractivity contribution in [2.24, 2.45) is 0 Å². The van der Waals surface area contributed by atoms with Crippen LogP contribution in [0.4, 0.5) is 0 Å². The number of aromatic nitrogens is 2. The average molecular weight is 184 g/mol. The molecule has 0 fully saturated rings. The van der Waals surface area contributed by atoms with Crippen molar-refractivity contribution in [3.8, 4) is 5.82 Å². The fourth-order valence-electron chi connectivity index (χ4n) is 1.79. The van der Waals surface area contributed by atoms with Crippen LogP contribution in [0.5, 0.6) is 0 Å². The van der Waals surface area contributed by atoms with Crippen LogP contribution in [0.1, 0.15) is 21.7 Å². The molecule has 2 aromatic rings. The lowest BCUT2D eigenvalue weighted by atomic mass is 10.1. The summed E-state index contributed by atoms with van der Waals surface area (Å²) in [7, 11) is 0. The van der Waals surface area contributed by atoms with Gasteiger partial charge >= 0.3 is 0 Å². The lowest BCUT2D eigenvalue weighted by Gasteiger charge is -1.99. The zero-order chi connectivity index (χ0) is 9.71. The number of carbonyl (C=O) groups excluding carboxylic acids is 1. The highest BCUT2D eigenvalue weighted by Crippen LogP contribution is 2.26. The predicted molar refractivity (Wildman–Crippen MR) is 51.7 cm³/mol. The minimum Gasteiger partial charge on any atom is -0.297 e. The van der Waals surface area contributed by atoms with E-state index < -0.39 is 0 Å². The molecule has 0 saturated heterocycles. The van der Waals surface area contributed by atoms with Crippen LogP contribution < -0.4 is 0 Å². The molecule has 0 unspecified atom stereocenters. The van der Waals surface area contributed by atoms with E-state index in [9.17, 15) is 4.79 Å². The number of rotatable bonds is 0. The third-order valence-corrected chi connectivity index (χ3v) is 2.47. The van der Waals surface area contributed by atoms with Gasteiger partial charge in [-0.1, -0.05) is 0 Å². The van der Waals surface area contributed by atoms with E-state index in [0.717, 1.165) is 11.5 Å². The van der Waals surface area contributed by atoms with E-state index in [-0.39, 0.29) is 5.78 Å². The Hall–Kier alpha value is -1.90. The Bertz CT molecular complexity index is 540. The fraction of sp³-hybridized carbons (Fsp3) is 0.0909. The van der Waals surface area contributed by atoms with Crippen molar-refractivity contribution < 1.29 is 4.79 Å². The van der Waals surface area contributed by atoms with Crippen molar-refractivity contribution in [3.63, 3.8) is 0 Å². The van der Waals surface area contributed by atoms with E-state index >= 15 is 0 Å². The van der Waals surface area contributed by atoms with Crippen LogP contribution in [0.2, 0.25) is 0 Å². The molecule has 2 aromatic heterocycles. The van der Waals surface area contributed by atoms with Crippen LogP contribution >= 0.6 is 0 Å². The summed E-state index contributed by atoms with van der Waals surface area (Å²) in [5, 5.41) is 0. The molecule has 0 saturated carbocycles. The molecule has 68 valence electrons. The molecule has 0 bridgehead atoms. The van der Waals surface area contributed by atoms with E-state index in [2.05, 4.69) is 4.98 Å². The zero-order valence-corrected chi connectivity index (χ0v) is 7.69. The molecule has 0 spiro atoms. The largest absolute Gasteiger partial charge is 0.297 e. The first kappa shape index (κ1) is 7.50. The smallest absolute Gasteiger partial charge is 0.213 e. The van der Waals surface area contributed by atoms with Gasteiger partial charge < -0.3 is 0 Å². The van der Waals surface area contributed by atoms with Crippen LogP contribution in [0, 0.1) is 6.92 Å². The lowest BCUT2D eigenvalue weighted by molar-refractivity contribution is 0.104. The van der Waals surface area contributed by atoms with Crippen molar-refractivity contribution in [2.45, 2.75) is 6.92 Å². The van der Waals surface area contributed by atoms with Crippen molar-refractivity contribution in [2.75, 3.05) is 0 Å². The zero-order valence-electron chi connectivity index (χ0n) is 7.69. The monoisotopic (exact) mass is 184 g/mol. The molecule has 0 amide bonds. The number of pyridine rings is 1. The highest BCUT2D eigenvalue weighted by atomic mass is 16.1. The van der Waals surface area contributed by atoms with Crippen molar-refractivity contribution >= 4 is 5.78 Å². The summed E-state index contributed by atoms with van der Waals surface area (Å²) >= 11 is 0. The van der Waals surface area contributed by atoms with Crippen LogP contribution in [0.25, 0.3) is 5.82 Å². The van der Waals surface area contributed by atoms with Gasteiger partial charge in [0.2, 0.25) is 5.78 Å². The van der Waals surface area contributed by atoms with Gasteiger partial charge in [0, 0.05) is 11.9 Å². The van der Waals surface area contributed by atoms with E-state index in [4.69, 9.17) is 0 Å². The Labute approximate surface area is 81.0 Å². The second-order valence-corrected chi connectivity index (χ2v) is 3.42. The Morgan fingerprint density at radius 1 is 1.29 bits per heavy atom. The highest BCUT2D eigenvalue weighted by molar-refractivity contribution is 6.13. The molecular formula is C11H8N2O. The maximum atomic E-state index is 11.8. The summed E-state index contributed by atoms with van der Waals surface area (Å²) in [5.74, 6) is 0.826. The van der Waals surface area contributed by atoms with Gasteiger partial charge in [-0.3, -0.25) is 9.36 Å². The molecule has 3 nitrogen and oxygen atoms in total. The predicted octanol–water partition coefficient (Wildman–Crippen LogP) is 1.73. The SMILES string of the molecule is Cc1ccc2c(n1)-n1cccc1C2=O. The standard InChI is InChI=1S/C11H8N2O/c1-7-4-5-8-10(14)9-3-2-6-13(9)11(8)12-7/h2-6H,1H3. The molecule has 3 heterocycles. The van der Waals surface area contributed by atoms with Gasteiger partial charge in [-0.2, -0.15) is 0 Å². The fourth-order valence-corrected chi connectivity index (χ4v) is 1.79. The maximum absolute atomic E-state index is 11.8. The number of hydrogen-bond acceptors (Lipinski definition) is 2. The first-order chi connectivity index (χ1) is 6.77. The van der Waals surface area contributed by atoms with E-state index in [1.165, 1.54) is 0 Å². The topological polar surface area (TPSA) is 34.9 Å². The number of aryl methyl sites for hydroxylation is 1. The summed E-state index contributed by atoms with van der Waals surface area (Å²) in [6.07, 6.45) is 1.87. The van der Waals surface area contributed by atoms with Crippen LogP contribution in [-0.4, -0.2) is 15.3 Å². The van der Waals surface area contributed by atoms with Gasteiger partial charge in [0.05, 0.1) is 11.3 Å². The summed E-state index contributed by atoms with van der Waals surface area (Å²) < 4.78 is 1.84. The Balaban J connectivity index is 2.40. The molecule has 1 aliphatic rings. The molecule has 0 aromatic carbocycles. The normalized spacial score (nSPS) is 12.8.